The third kappa shape index (κ3) is 6.49. The van der Waals surface area contributed by atoms with Gasteiger partial charge in [-0.2, -0.15) is 0 Å². The fraction of sp³-hybridized carbons (Fsp3) is 0.375. The Kier molecular flexibility index (Phi) is 9.77. The second kappa shape index (κ2) is 13.7. The summed E-state index contributed by atoms with van der Waals surface area (Å²) >= 11 is 0. The first-order chi connectivity index (χ1) is 22.1. The van der Waals surface area contributed by atoms with Gasteiger partial charge in [0.25, 0.3) is 5.91 Å². The highest BCUT2D eigenvalue weighted by Crippen LogP contribution is 2.43. The third-order valence-electron chi connectivity index (χ3n) is 8.50. The molecule has 3 heterocycles. The van der Waals surface area contributed by atoms with Gasteiger partial charge >= 0.3 is 0 Å². The number of likely N-dealkylation sites (N-methyl/N-ethyl adjacent to an activating group) is 1. The molecule has 2 unspecified atom stereocenters. The van der Waals surface area contributed by atoms with Crippen LogP contribution >= 0.6 is 0 Å². The average molecular weight is 643 g/mol. The zero-order valence-corrected chi connectivity index (χ0v) is 25.2. The van der Waals surface area contributed by atoms with Crippen molar-refractivity contribution in [2.75, 3.05) is 27.3 Å². The monoisotopic (exact) mass is 642 g/mol. The fourth-order valence-electron chi connectivity index (χ4n) is 5.87. The first-order valence-corrected chi connectivity index (χ1v) is 14.5. The molecule has 46 heavy (non-hydrogen) atoms. The lowest BCUT2D eigenvalue weighted by molar-refractivity contribution is -0.0632. The van der Waals surface area contributed by atoms with Crippen LogP contribution < -0.4 is 15.5 Å². The fourth-order valence-corrected chi connectivity index (χ4v) is 5.87. The number of hydrogen-bond acceptors (Lipinski definition) is 9. The third-order valence-corrected chi connectivity index (χ3v) is 8.50. The molecule has 5 rings (SSSR count). The number of aromatic nitrogens is 1. The van der Waals surface area contributed by atoms with Gasteiger partial charge in [-0.1, -0.05) is 35.5 Å². The Balaban J connectivity index is 1.62. The largest absolute Gasteiger partial charge is 0.483 e. The molecule has 2 aromatic carbocycles. The number of carbonyl (C=O) groups excluding carboxylic acids is 2. The molecular weight excluding hydrogens is 609 g/mol. The van der Waals surface area contributed by atoms with Gasteiger partial charge in [0.2, 0.25) is 11.3 Å². The molecule has 3 aromatic rings. The minimum absolute atomic E-state index is 0.121. The summed E-state index contributed by atoms with van der Waals surface area (Å²) in [6.45, 7) is -0.789. The number of aliphatic hydroxyl groups is 1. The van der Waals surface area contributed by atoms with Crippen LogP contribution in [0.25, 0.3) is 0 Å². The van der Waals surface area contributed by atoms with E-state index in [0.717, 1.165) is 0 Å². The summed E-state index contributed by atoms with van der Waals surface area (Å²) in [5.74, 6) is -4.70. The number of nitrogens with one attached hydrogen (secondary N) is 1. The van der Waals surface area contributed by atoms with E-state index in [1.807, 2.05) is 4.90 Å². The van der Waals surface area contributed by atoms with Crippen molar-refractivity contribution >= 4 is 18.1 Å². The van der Waals surface area contributed by atoms with E-state index in [2.05, 4.69) is 10.5 Å². The van der Waals surface area contributed by atoms with Crippen molar-refractivity contribution in [3.8, 4) is 5.75 Å². The molecule has 11 nitrogen and oxygen atoms in total. The van der Waals surface area contributed by atoms with Crippen molar-refractivity contribution in [2.45, 2.75) is 50.1 Å². The number of aldehydes is 1. The zero-order valence-electron chi connectivity index (χ0n) is 25.2. The Labute approximate surface area is 262 Å². The number of ether oxygens (including phenoxy) is 2. The summed E-state index contributed by atoms with van der Waals surface area (Å²) in [4.78, 5) is 48.0. The van der Waals surface area contributed by atoms with E-state index in [1.165, 1.54) is 17.9 Å². The molecule has 1 amide bonds. The minimum Gasteiger partial charge on any atom is -0.483 e. The van der Waals surface area contributed by atoms with Gasteiger partial charge in [0.1, 0.15) is 35.3 Å². The van der Waals surface area contributed by atoms with Crippen molar-refractivity contribution in [1.82, 2.24) is 14.8 Å². The quantitative estimate of drug-likeness (QED) is 0.340. The summed E-state index contributed by atoms with van der Waals surface area (Å²) in [6.07, 6.45) is 2.67. The molecule has 244 valence electrons. The highest BCUT2D eigenvalue weighted by Gasteiger charge is 2.51. The van der Waals surface area contributed by atoms with E-state index in [0.29, 0.717) is 42.7 Å². The maximum Gasteiger partial charge on any atom is 0.257 e. The maximum atomic E-state index is 14.3. The van der Waals surface area contributed by atoms with E-state index in [4.69, 9.17) is 14.3 Å². The number of pyridine rings is 1. The second-order valence-corrected chi connectivity index (χ2v) is 11.3. The maximum absolute atomic E-state index is 14.3. The van der Waals surface area contributed by atoms with Gasteiger partial charge in [-0.15, -0.1) is 0 Å². The van der Waals surface area contributed by atoms with Crippen LogP contribution in [-0.2, 0) is 22.7 Å². The van der Waals surface area contributed by atoms with Gasteiger partial charge in [-0.3, -0.25) is 19.3 Å². The highest BCUT2D eigenvalue weighted by atomic mass is 19.1. The first-order valence-electron chi connectivity index (χ1n) is 14.5. The molecule has 1 spiro atoms. The van der Waals surface area contributed by atoms with E-state index in [9.17, 15) is 32.7 Å². The lowest BCUT2D eigenvalue weighted by Gasteiger charge is -2.37. The van der Waals surface area contributed by atoms with Gasteiger partial charge in [0, 0.05) is 43.0 Å². The number of oxime groups is 1. The van der Waals surface area contributed by atoms with Gasteiger partial charge in [0.15, 0.2) is 17.6 Å². The Morgan fingerprint density at radius 1 is 1.22 bits per heavy atom. The molecule has 2 aliphatic rings. The van der Waals surface area contributed by atoms with Crippen LogP contribution in [0.1, 0.15) is 57.3 Å². The topological polar surface area (TPSA) is 132 Å². The molecule has 0 bridgehead atoms. The first kappa shape index (κ1) is 32.7. The predicted molar refractivity (Wildman–Crippen MR) is 159 cm³/mol. The van der Waals surface area contributed by atoms with Crippen LogP contribution in [0, 0.1) is 17.5 Å². The molecule has 1 aromatic heterocycles. The molecule has 2 aliphatic heterocycles. The minimum atomic E-state index is -1.22. The number of aliphatic hydroxyl groups excluding tert-OH is 1. The molecule has 1 fully saturated rings. The van der Waals surface area contributed by atoms with Gasteiger partial charge in [-0.25, -0.2) is 13.2 Å². The molecule has 1 saturated heterocycles. The standard InChI is InChI=1S/C32H33F3N4O7/c1-38-15-27(32(9-8-21(38)16-40)12-28(44-2)37-46-32)39-14-23(31(43)36-13-22-24(34)10-20(33)11-25(22)35)29(42)30(26(39)17-41)45-18-19-6-4-3-5-7-19/h3-7,10-11,14,17,21,27,40H,8-9,12-13,15-16,18H2,1-2H3,(H,36,43)/t21?,27?,32-/m0/s1. The van der Waals surface area contributed by atoms with Gasteiger partial charge in [0.05, 0.1) is 26.2 Å². The van der Waals surface area contributed by atoms with Crippen molar-refractivity contribution in [3.63, 3.8) is 0 Å². The number of amides is 1. The lowest BCUT2D eigenvalue weighted by atomic mass is 9.85. The Hall–Kier alpha value is -4.69. The molecular formula is C32H33F3N4O7. The van der Waals surface area contributed by atoms with Crippen molar-refractivity contribution < 1.29 is 42.2 Å². The van der Waals surface area contributed by atoms with Crippen LogP contribution in [0.15, 0.2) is 58.6 Å². The van der Waals surface area contributed by atoms with Gasteiger partial charge in [-0.05, 0) is 25.5 Å². The van der Waals surface area contributed by atoms with Crippen LogP contribution in [0.2, 0.25) is 0 Å². The molecule has 2 N–H and O–H groups in total. The lowest BCUT2D eigenvalue weighted by Crippen LogP contribution is -2.45. The molecule has 14 heteroatoms. The molecule has 3 atom stereocenters. The Bertz CT molecular complexity index is 1680. The SMILES string of the molecule is COC1=NO[C@@]2(CCC(CO)N(C)CC2n2cc(C(=O)NCc3c(F)cc(F)cc3F)c(=O)c(OCc3ccccc3)c2C=O)C1. The summed E-state index contributed by atoms with van der Waals surface area (Å²) < 4.78 is 54.8. The van der Waals surface area contributed by atoms with Crippen molar-refractivity contribution in [3.05, 3.63) is 98.7 Å². The number of rotatable bonds is 9. The number of halogens is 3. The van der Waals surface area contributed by atoms with Crippen LogP contribution in [0.5, 0.6) is 5.75 Å². The summed E-state index contributed by atoms with van der Waals surface area (Å²) in [5.41, 5.74) is -2.64. The highest BCUT2D eigenvalue weighted by molar-refractivity contribution is 5.95. The smallest absolute Gasteiger partial charge is 0.257 e. The van der Waals surface area contributed by atoms with E-state index < -0.39 is 63.9 Å². The van der Waals surface area contributed by atoms with Crippen LogP contribution in [-0.4, -0.2) is 71.6 Å². The number of benzene rings is 2. The number of carbonyl (C=O) groups is 2. The Morgan fingerprint density at radius 3 is 2.57 bits per heavy atom. The predicted octanol–water partition coefficient (Wildman–Crippen LogP) is 3.33. The average Bonchev–Trinajstić information content (AvgIpc) is 3.41. The zero-order chi connectivity index (χ0) is 33.0. The number of hydrogen-bond donors (Lipinski definition) is 2. The molecule has 0 aliphatic carbocycles. The molecule has 0 radical (unpaired) electrons. The van der Waals surface area contributed by atoms with E-state index >= 15 is 0 Å². The summed E-state index contributed by atoms with van der Waals surface area (Å²) in [5, 5.41) is 16.5. The number of likely N-dealkylation sites (tertiary alicyclic amines) is 1. The summed E-state index contributed by atoms with van der Waals surface area (Å²) in [7, 11) is 3.23. The van der Waals surface area contributed by atoms with E-state index in [-0.39, 0.29) is 37.9 Å². The van der Waals surface area contributed by atoms with Crippen molar-refractivity contribution in [2.24, 2.45) is 5.16 Å². The van der Waals surface area contributed by atoms with Crippen LogP contribution in [0.3, 0.4) is 0 Å². The second-order valence-electron chi connectivity index (χ2n) is 11.3. The normalized spacial score (nSPS) is 21.3. The van der Waals surface area contributed by atoms with E-state index in [1.54, 1.807) is 37.4 Å². The molecule has 0 saturated carbocycles. The number of methoxy groups -OCH3 is 1. The van der Waals surface area contributed by atoms with Crippen LogP contribution in [0.4, 0.5) is 13.2 Å². The van der Waals surface area contributed by atoms with Gasteiger partial charge < -0.3 is 29.3 Å². The summed E-state index contributed by atoms with van der Waals surface area (Å²) in [6, 6.07) is 8.74. The van der Waals surface area contributed by atoms with Crippen molar-refractivity contribution in [1.29, 1.82) is 0 Å². The number of nitrogens with zero attached hydrogens (tertiary/aromatic N) is 3. The Morgan fingerprint density at radius 2 is 1.93 bits per heavy atom.